The quantitative estimate of drug-likeness (QED) is 0.622. The van der Waals surface area contributed by atoms with E-state index in [0.29, 0.717) is 6.07 Å². The van der Waals surface area contributed by atoms with Gasteiger partial charge in [0, 0.05) is 17.2 Å². The minimum absolute atomic E-state index is 0.140. The number of halogens is 7. The summed E-state index contributed by atoms with van der Waals surface area (Å²) in [4.78, 5) is 0. The minimum atomic E-state index is -4.80. The van der Waals surface area contributed by atoms with Crippen LogP contribution in [0.2, 0.25) is 0 Å². The Hall–Kier alpha value is -2.76. The lowest BCUT2D eigenvalue weighted by molar-refractivity contribution is -0.223. The number of hydrogen-bond donors (Lipinski definition) is 0. The first-order valence-electron chi connectivity index (χ1n) is 7.69. The maximum atomic E-state index is 14.4. The first-order chi connectivity index (χ1) is 12.6. The number of benzene rings is 2. The summed E-state index contributed by atoms with van der Waals surface area (Å²) in [6.07, 6.45) is -5.49. The van der Waals surface area contributed by atoms with Gasteiger partial charge in [0.1, 0.15) is 23.5 Å². The third-order valence-electron chi connectivity index (χ3n) is 4.81. The van der Waals surface area contributed by atoms with E-state index in [1.54, 1.807) is 6.07 Å². The zero-order valence-electron chi connectivity index (χ0n) is 13.1. The van der Waals surface area contributed by atoms with E-state index < -0.39 is 58.4 Å². The van der Waals surface area contributed by atoms with E-state index in [0.717, 1.165) is 24.3 Å². The van der Waals surface area contributed by atoms with Crippen LogP contribution in [0.5, 0.6) is 11.5 Å². The molecule has 0 spiro atoms. The van der Waals surface area contributed by atoms with Crippen molar-refractivity contribution in [2.75, 3.05) is 0 Å². The molecule has 0 amide bonds. The van der Waals surface area contributed by atoms with Gasteiger partial charge < -0.3 is 4.74 Å². The van der Waals surface area contributed by atoms with Crippen LogP contribution in [-0.2, 0) is 5.92 Å². The second-order valence-electron chi connectivity index (χ2n) is 6.35. The van der Waals surface area contributed by atoms with Gasteiger partial charge in [0.2, 0.25) is 0 Å². The van der Waals surface area contributed by atoms with Gasteiger partial charge in [-0.3, -0.25) is 0 Å². The summed E-state index contributed by atoms with van der Waals surface area (Å²) in [5.41, 5.74) is -2.86. The van der Waals surface area contributed by atoms with Crippen LogP contribution < -0.4 is 4.74 Å². The Morgan fingerprint density at radius 2 is 1.70 bits per heavy atom. The van der Waals surface area contributed by atoms with Crippen LogP contribution in [0.15, 0.2) is 30.3 Å². The van der Waals surface area contributed by atoms with Gasteiger partial charge in [-0.15, -0.1) is 0 Å². The van der Waals surface area contributed by atoms with E-state index in [2.05, 4.69) is 0 Å². The predicted octanol–water partition coefficient (Wildman–Crippen LogP) is 5.68. The van der Waals surface area contributed by atoms with E-state index in [9.17, 15) is 30.7 Å². The average molecular weight is 387 g/mol. The van der Waals surface area contributed by atoms with Gasteiger partial charge in [-0.1, -0.05) is 0 Å². The van der Waals surface area contributed by atoms with Crippen LogP contribution in [0.3, 0.4) is 0 Å². The summed E-state index contributed by atoms with van der Waals surface area (Å²) >= 11 is 0. The molecule has 0 fully saturated rings. The van der Waals surface area contributed by atoms with E-state index in [1.807, 2.05) is 0 Å². The van der Waals surface area contributed by atoms with E-state index >= 15 is 0 Å². The molecule has 0 aromatic heterocycles. The van der Waals surface area contributed by atoms with Gasteiger partial charge in [0.25, 0.3) is 0 Å². The molecule has 0 radical (unpaired) electrons. The molecule has 2 aromatic carbocycles. The van der Waals surface area contributed by atoms with Crippen LogP contribution in [-0.4, -0.2) is 12.1 Å². The summed E-state index contributed by atoms with van der Waals surface area (Å²) in [5.74, 6) is -13.7. The van der Waals surface area contributed by atoms with Crippen molar-refractivity contribution < 1.29 is 35.5 Å². The number of nitriles is 1. The van der Waals surface area contributed by atoms with Gasteiger partial charge in [0.15, 0.2) is 6.17 Å². The first-order valence-corrected chi connectivity index (χ1v) is 7.69. The Balaban J connectivity index is 1.87. The molecule has 2 nitrogen and oxygen atoms in total. The molecule has 0 saturated heterocycles. The normalized spacial score (nSPS) is 26.5. The Labute approximate surface area is 147 Å². The number of hydrogen-bond acceptors (Lipinski definition) is 2. The molecular formula is C18H8F7NO. The van der Waals surface area contributed by atoms with Crippen molar-refractivity contribution in [2.45, 2.75) is 30.1 Å². The Morgan fingerprint density at radius 1 is 1.00 bits per heavy atom. The van der Waals surface area contributed by atoms with Gasteiger partial charge in [0.05, 0.1) is 17.6 Å². The zero-order chi connectivity index (χ0) is 19.7. The SMILES string of the molecule is N#Cc1cc(F)cc(Oc2ccc3c4c2[C@H](F)C(F)C4C(F)(F)C3(F)F)c1. The predicted molar refractivity (Wildman–Crippen MR) is 78.0 cm³/mol. The highest BCUT2D eigenvalue weighted by molar-refractivity contribution is 5.60. The third-order valence-corrected chi connectivity index (χ3v) is 4.81. The molecule has 3 atom stereocenters. The lowest BCUT2D eigenvalue weighted by Crippen LogP contribution is -2.39. The standard InChI is InChI=1S/C18H8F7NO/c19-8-3-7(6-26)4-9(5-8)27-11-2-1-10-12-13(11)15(20)16(21)14(12)18(24,25)17(10,22)23/h1-5,14-16H/t14?,15-,16?/m0/s1. The van der Waals surface area contributed by atoms with Crippen molar-refractivity contribution in [1.29, 1.82) is 5.26 Å². The summed E-state index contributed by atoms with van der Waals surface area (Å²) in [6, 6.07) is 5.89. The van der Waals surface area contributed by atoms with Crippen LogP contribution in [0, 0.1) is 17.1 Å². The van der Waals surface area contributed by atoms with Gasteiger partial charge in [-0.2, -0.15) is 22.8 Å². The summed E-state index contributed by atoms with van der Waals surface area (Å²) in [7, 11) is 0. The summed E-state index contributed by atoms with van der Waals surface area (Å²) in [5, 5.41) is 8.83. The summed E-state index contributed by atoms with van der Waals surface area (Å²) in [6.45, 7) is 0. The molecule has 0 aliphatic heterocycles. The van der Waals surface area contributed by atoms with Gasteiger partial charge >= 0.3 is 11.8 Å². The molecule has 27 heavy (non-hydrogen) atoms. The highest BCUT2D eigenvalue weighted by atomic mass is 19.3. The molecule has 9 heteroatoms. The molecule has 2 aromatic rings. The average Bonchev–Trinajstić information content (AvgIpc) is 2.94. The van der Waals surface area contributed by atoms with Crippen LogP contribution in [0.1, 0.15) is 34.3 Å². The van der Waals surface area contributed by atoms with Crippen molar-refractivity contribution in [3.8, 4) is 17.6 Å². The topological polar surface area (TPSA) is 33.0 Å². The molecule has 2 aliphatic carbocycles. The van der Waals surface area contributed by atoms with Crippen molar-refractivity contribution in [2.24, 2.45) is 0 Å². The third kappa shape index (κ3) is 2.19. The molecule has 2 unspecified atom stereocenters. The zero-order valence-corrected chi connectivity index (χ0v) is 13.1. The summed E-state index contributed by atoms with van der Waals surface area (Å²) < 4.78 is 104. The van der Waals surface area contributed by atoms with Crippen molar-refractivity contribution in [3.63, 3.8) is 0 Å². The van der Waals surface area contributed by atoms with E-state index in [-0.39, 0.29) is 11.3 Å². The Kier molecular flexibility index (Phi) is 3.51. The fourth-order valence-electron chi connectivity index (χ4n) is 3.66. The highest BCUT2D eigenvalue weighted by Gasteiger charge is 2.74. The minimum Gasteiger partial charge on any atom is -0.457 e. The van der Waals surface area contributed by atoms with Gasteiger partial charge in [-0.25, -0.2) is 13.2 Å². The number of ether oxygens (including phenoxy) is 1. The van der Waals surface area contributed by atoms with E-state index in [1.165, 1.54) is 0 Å². The molecule has 0 saturated carbocycles. The van der Waals surface area contributed by atoms with Crippen LogP contribution >= 0.6 is 0 Å². The molecule has 0 N–H and O–H groups in total. The Bertz CT molecular complexity index is 998. The number of alkyl halides is 6. The van der Waals surface area contributed by atoms with E-state index in [4.69, 9.17) is 10.00 Å². The molecule has 0 heterocycles. The van der Waals surface area contributed by atoms with Crippen molar-refractivity contribution in [3.05, 3.63) is 58.4 Å². The van der Waals surface area contributed by atoms with Crippen molar-refractivity contribution >= 4 is 0 Å². The fraction of sp³-hybridized carbons (Fsp3) is 0.278. The van der Waals surface area contributed by atoms with Gasteiger partial charge in [-0.05, 0) is 29.8 Å². The lowest BCUT2D eigenvalue weighted by Gasteiger charge is -2.25. The lowest BCUT2D eigenvalue weighted by atomic mass is 9.99. The maximum Gasteiger partial charge on any atom is 0.336 e. The molecular weight excluding hydrogens is 379 g/mol. The number of rotatable bonds is 2. The monoisotopic (exact) mass is 387 g/mol. The number of nitrogens with zero attached hydrogens (tertiary/aromatic N) is 1. The second kappa shape index (κ2) is 5.38. The van der Waals surface area contributed by atoms with Crippen LogP contribution in [0.4, 0.5) is 30.7 Å². The molecule has 140 valence electrons. The highest BCUT2D eigenvalue weighted by Crippen LogP contribution is 2.67. The smallest absolute Gasteiger partial charge is 0.336 e. The Morgan fingerprint density at radius 3 is 2.37 bits per heavy atom. The maximum absolute atomic E-state index is 14.4. The van der Waals surface area contributed by atoms with Crippen LogP contribution in [0.25, 0.3) is 0 Å². The molecule has 0 bridgehead atoms. The first kappa shape index (κ1) is 17.6. The second-order valence-corrected chi connectivity index (χ2v) is 6.35. The molecule has 4 rings (SSSR count). The largest absolute Gasteiger partial charge is 0.457 e. The fourth-order valence-corrected chi connectivity index (χ4v) is 3.66. The van der Waals surface area contributed by atoms with Crippen molar-refractivity contribution in [1.82, 2.24) is 0 Å². The molecule has 2 aliphatic rings.